The Kier molecular flexibility index (Phi) is 5.75. The van der Waals surface area contributed by atoms with Crippen LogP contribution in [-0.2, 0) is 4.79 Å². The van der Waals surface area contributed by atoms with E-state index in [4.69, 9.17) is 0 Å². The van der Waals surface area contributed by atoms with Crippen LogP contribution in [0.1, 0.15) is 12.8 Å². The standard InChI is InChI=1S/C17H16F5N3OS/c18-12-4-3-10(6-13(12)19)14-9-27-16(23-14)24-15(26)8-25-5-1-2-11(7-25)17(20,21)22/h3-4,6,9,11H,1-2,5,7-8H2,(H,23,24,26). The molecule has 1 fully saturated rings. The molecule has 1 aliphatic rings. The maximum atomic E-state index is 13.3. The van der Waals surface area contributed by atoms with E-state index < -0.39 is 29.6 Å². The number of hydrogen-bond donors (Lipinski definition) is 1. The molecule has 1 atom stereocenters. The summed E-state index contributed by atoms with van der Waals surface area (Å²) in [5.41, 5.74) is 0.721. The van der Waals surface area contributed by atoms with Gasteiger partial charge in [0.25, 0.3) is 0 Å². The summed E-state index contributed by atoms with van der Waals surface area (Å²) in [7, 11) is 0. The third-order valence-corrected chi connectivity index (χ3v) is 5.06. The van der Waals surface area contributed by atoms with Crippen molar-refractivity contribution in [3.63, 3.8) is 0 Å². The maximum absolute atomic E-state index is 13.3. The average Bonchev–Trinajstić information content (AvgIpc) is 3.05. The third-order valence-electron chi connectivity index (χ3n) is 4.30. The van der Waals surface area contributed by atoms with E-state index in [1.165, 1.54) is 11.0 Å². The van der Waals surface area contributed by atoms with Crippen molar-refractivity contribution in [2.75, 3.05) is 25.0 Å². The van der Waals surface area contributed by atoms with Gasteiger partial charge in [-0.25, -0.2) is 13.8 Å². The molecule has 0 radical (unpaired) electrons. The van der Waals surface area contributed by atoms with Gasteiger partial charge in [0.1, 0.15) is 0 Å². The monoisotopic (exact) mass is 405 g/mol. The molecule has 1 aromatic carbocycles. The van der Waals surface area contributed by atoms with Gasteiger partial charge in [0.2, 0.25) is 5.91 Å². The van der Waals surface area contributed by atoms with Crippen molar-refractivity contribution in [2.24, 2.45) is 5.92 Å². The molecule has 1 aliphatic heterocycles. The summed E-state index contributed by atoms with van der Waals surface area (Å²) >= 11 is 1.09. The van der Waals surface area contributed by atoms with Gasteiger partial charge in [-0.2, -0.15) is 13.2 Å². The summed E-state index contributed by atoms with van der Waals surface area (Å²) in [5, 5.41) is 4.35. The molecular weight excluding hydrogens is 389 g/mol. The first-order valence-electron chi connectivity index (χ1n) is 8.22. The van der Waals surface area contributed by atoms with Crippen LogP contribution in [0.5, 0.6) is 0 Å². The minimum Gasteiger partial charge on any atom is -0.301 e. The highest BCUT2D eigenvalue weighted by Gasteiger charge is 2.41. The molecule has 146 valence electrons. The Morgan fingerprint density at radius 1 is 1.30 bits per heavy atom. The zero-order valence-electron chi connectivity index (χ0n) is 14.0. The highest BCUT2D eigenvalue weighted by Crippen LogP contribution is 2.33. The van der Waals surface area contributed by atoms with Crippen molar-refractivity contribution in [2.45, 2.75) is 19.0 Å². The minimum atomic E-state index is -4.26. The first kappa shape index (κ1) is 19.7. The molecule has 2 aromatic rings. The molecule has 1 unspecified atom stereocenters. The van der Waals surface area contributed by atoms with E-state index in [0.29, 0.717) is 24.2 Å². The lowest BCUT2D eigenvalue weighted by molar-refractivity contribution is -0.186. The molecule has 27 heavy (non-hydrogen) atoms. The Labute approximate surface area is 156 Å². The van der Waals surface area contributed by atoms with Crippen molar-refractivity contribution >= 4 is 22.4 Å². The Morgan fingerprint density at radius 2 is 2.07 bits per heavy atom. The van der Waals surface area contributed by atoms with Crippen LogP contribution in [0.15, 0.2) is 23.6 Å². The summed E-state index contributed by atoms with van der Waals surface area (Å²) in [5.74, 6) is -3.86. The fourth-order valence-corrected chi connectivity index (χ4v) is 3.68. The summed E-state index contributed by atoms with van der Waals surface area (Å²) in [6, 6.07) is 3.35. The topological polar surface area (TPSA) is 45.2 Å². The number of anilines is 1. The summed E-state index contributed by atoms with van der Waals surface area (Å²) < 4.78 is 64.8. The molecule has 1 aromatic heterocycles. The molecule has 2 heterocycles. The number of piperidine rings is 1. The number of thiazole rings is 1. The second-order valence-electron chi connectivity index (χ2n) is 6.33. The van der Waals surface area contributed by atoms with Gasteiger partial charge in [0, 0.05) is 17.5 Å². The van der Waals surface area contributed by atoms with Gasteiger partial charge in [0.15, 0.2) is 16.8 Å². The average molecular weight is 405 g/mol. The van der Waals surface area contributed by atoms with E-state index in [1.54, 1.807) is 5.38 Å². The van der Waals surface area contributed by atoms with E-state index in [-0.39, 0.29) is 24.6 Å². The maximum Gasteiger partial charge on any atom is 0.393 e. The van der Waals surface area contributed by atoms with Crippen molar-refractivity contribution < 1.29 is 26.7 Å². The van der Waals surface area contributed by atoms with Crippen LogP contribution in [-0.4, -0.2) is 41.6 Å². The Bertz CT molecular complexity index is 823. The molecule has 0 spiro atoms. The van der Waals surface area contributed by atoms with Crippen LogP contribution >= 0.6 is 11.3 Å². The van der Waals surface area contributed by atoms with Gasteiger partial charge in [-0.3, -0.25) is 9.69 Å². The molecule has 1 saturated heterocycles. The normalized spacial score (nSPS) is 18.5. The number of aromatic nitrogens is 1. The largest absolute Gasteiger partial charge is 0.393 e. The smallest absolute Gasteiger partial charge is 0.301 e. The second kappa shape index (κ2) is 7.89. The van der Waals surface area contributed by atoms with Crippen molar-refractivity contribution in [1.82, 2.24) is 9.88 Å². The minimum absolute atomic E-state index is 0.0751. The molecular formula is C17H16F5N3OS. The molecule has 10 heteroatoms. The van der Waals surface area contributed by atoms with Crippen molar-refractivity contribution in [3.05, 3.63) is 35.2 Å². The number of rotatable bonds is 4. The molecule has 3 rings (SSSR count). The van der Waals surface area contributed by atoms with Gasteiger partial charge in [-0.05, 0) is 37.6 Å². The van der Waals surface area contributed by atoms with E-state index in [0.717, 1.165) is 23.5 Å². The zero-order valence-corrected chi connectivity index (χ0v) is 14.8. The lowest BCUT2D eigenvalue weighted by Crippen LogP contribution is -2.44. The summed E-state index contributed by atoms with van der Waals surface area (Å²) in [4.78, 5) is 17.7. The van der Waals surface area contributed by atoms with Gasteiger partial charge >= 0.3 is 6.18 Å². The molecule has 4 nitrogen and oxygen atoms in total. The van der Waals surface area contributed by atoms with Gasteiger partial charge in [-0.15, -0.1) is 11.3 Å². The zero-order chi connectivity index (χ0) is 19.6. The Hall–Kier alpha value is -2.07. The second-order valence-corrected chi connectivity index (χ2v) is 7.19. The first-order chi connectivity index (χ1) is 12.7. The lowest BCUT2D eigenvalue weighted by atomic mass is 9.97. The first-order valence-corrected chi connectivity index (χ1v) is 9.10. The van der Waals surface area contributed by atoms with E-state index in [1.807, 2.05) is 0 Å². The molecule has 1 amide bonds. The number of carbonyl (C=O) groups excluding carboxylic acids is 1. The van der Waals surface area contributed by atoms with Crippen LogP contribution in [0.4, 0.5) is 27.1 Å². The van der Waals surface area contributed by atoms with E-state index >= 15 is 0 Å². The number of nitrogens with zero attached hydrogens (tertiary/aromatic N) is 2. The number of nitrogens with one attached hydrogen (secondary N) is 1. The predicted molar refractivity (Wildman–Crippen MR) is 91.3 cm³/mol. The molecule has 0 bridgehead atoms. The van der Waals surface area contributed by atoms with Crippen LogP contribution < -0.4 is 5.32 Å². The van der Waals surface area contributed by atoms with Gasteiger partial charge < -0.3 is 5.32 Å². The molecule has 0 saturated carbocycles. The van der Waals surface area contributed by atoms with Crippen LogP contribution in [0.3, 0.4) is 0 Å². The number of benzene rings is 1. The fraction of sp³-hybridized carbons (Fsp3) is 0.412. The summed E-state index contributed by atoms with van der Waals surface area (Å²) in [6.45, 7) is 0.0690. The summed E-state index contributed by atoms with van der Waals surface area (Å²) in [6.07, 6.45) is -3.80. The predicted octanol–water partition coefficient (Wildman–Crippen LogP) is 4.30. The number of alkyl halides is 3. The molecule has 1 N–H and O–H groups in total. The van der Waals surface area contributed by atoms with Crippen molar-refractivity contribution in [3.8, 4) is 11.3 Å². The quantitative estimate of drug-likeness (QED) is 0.772. The highest BCUT2D eigenvalue weighted by molar-refractivity contribution is 7.14. The lowest BCUT2D eigenvalue weighted by Gasteiger charge is -2.33. The fourth-order valence-electron chi connectivity index (χ4n) is 2.95. The number of amides is 1. The van der Waals surface area contributed by atoms with Crippen LogP contribution in [0.25, 0.3) is 11.3 Å². The number of halogens is 5. The Morgan fingerprint density at radius 3 is 2.78 bits per heavy atom. The number of likely N-dealkylation sites (tertiary alicyclic amines) is 1. The Balaban J connectivity index is 1.58. The van der Waals surface area contributed by atoms with E-state index in [9.17, 15) is 26.7 Å². The van der Waals surface area contributed by atoms with E-state index in [2.05, 4.69) is 10.3 Å². The number of carbonyl (C=O) groups is 1. The van der Waals surface area contributed by atoms with Gasteiger partial charge in [0.05, 0.1) is 18.2 Å². The number of hydrogen-bond acceptors (Lipinski definition) is 4. The third kappa shape index (κ3) is 5.01. The SMILES string of the molecule is O=C(CN1CCCC(C(F)(F)F)C1)Nc1nc(-c2ccc(F)c(F)c2)cs1. The molecule has 0 aliphatic carbocycles. The highest BCUT2D eigenvalue weighted by atomic mass is 32.1. The van der Waals surface area contributed by atoms with Crippen molar-refractivity contribution in [1.29, 1.82) is 0 Å². The van der Waals surface area contributed by atoms with Crippen LogP contribution in [0, 0.1) is 17.6 Å². The van der Waals surface area contributed by atoms with Crippen LogP contribution in [0.2, 0.25) is 0 Å². The van der Waals surface area contributed by atoms with Gasteiger partial charge in [-0.1, -0.05) is 0 Å².